The highest BCUT2D eigenvalue weighted by atomic mass is 14.2. The summed E-state index contributed by atoms with van der Waals surface area (Å²) in [6.45, 7) is 4.62. The van der Waals surface area contributed by atoms with E-state index in [1.807, 2.05) is 0 Å². The lowest BCUT2D eigenvalue weighted by Crippen LogP contribution is -2.23. The lowest BCUT2D eigenvalue weighted by molar-refractivity contribution is 0.494. The first-order valence-corrected chi connectivity index (χ1v) is 4.38. The van der Waals surface area contributed by atoms with Crippen molar-refractivity contribution >= 4 is 14.6 Å². The van der Waals surface area contributed by atoms with Crippen LogP contribution in [-0.4, -0.2) is 14.6 Å². The van der Waals surface area contributed by atoms with E-state index in [4.69, 9.17) is 0 Å². The number of hydrogen-bond donors (Lipinski definition) is 0. The minimum atomic E-state index is 1.10. The molecule has 0 bridgehead atoms. The largest absolute Gasteiger partial charge is 0.123 e. The molecule has 0 saturated heterocycles. The van der Waals surface area contributed by atoms with Gasteiger partial charge in [0.1, 0.15) is 14.6 Å². The Balaban J connectivity index is 2.11. The van der Waals surface area contributed by atoms with Gasteiger partial charge in [0.15, 0.2) is 0 Å². The van der Waals surface area contributed by atoms with Crippen molar-refractivity contribution < 1.29 is 0 Å². The summed E-state index contributed by atoms with van der Waals surface area (Å²) in [5, 5.41) is 0. The molecule has 1 aliphatic carbocycles. The van der Waals surface area contributed by atoms with Gasteiger partial charge in [-0.3, -0.25) is 0 Å². The zero-order valence-electron chi connectivity index (χ0n) is 6.69. The van der Waals surface area contributed by atoms with Crippen molar-refractivity contribution in [2.24, 2.45) is 0 Å². The van der Waals surface area contributed by atoms with Crippen molar-refractivity contribution in [1.29, 1.82) is 0 Å². The first kappa shape index (κ1) is 7.24. The molecule has 0 heterocycles. The Bertz CT molecular complexity index is 81.0. The molecule has 0 nitrogen and oxygen atoms in total. The maximum Gasteiger partial charge on any atom is 0.123 e. The van der Waals surface area contributed by atoms with Crippen LogP contribution in [0.2, 0.25) is 24.8 Å². The molecule has 0 amide bonds. The van der Waals surface area contributed by atoms with E-state index in [2.05, 4.69) is 13.7 Å². The Hall–Kier alpha value is 0.130. The topological polar surface area (TPSA) is 0 Å². The summed E-state index contributed by atoms with van der Waals surface area (Å²) >= 11 is 0. The van der Waals surface area contributed by atoms with Gasteiger partial charge in [-0.15, -0.1) is 0 Å². The maximum absolute atomic E-state index is 2.33. The highest BCUT2D eigenvalue weighted by Crippen LogP contribution is 2.43. The zero-order valence-corrected chi connectivity index (χ0v) is 6.69. The van der Waals surface area contributed by atoms with Gasteiger partial charge in [0.05, 0.1) is 0 Å². The van der Waals surface area contributed by atoms with Crippen molar-refractivity contribution in [3.8, 4) is 0 Å². The minimum absolute atomic E-state index is 1.10. The van der Waals surface area contributed by atoms with Crippen LogP contribution in [0.3, 0.4) is 0 Å². The fraction of sp³-hybridized carbons (Fsp3) is 1.00. The molecule has 2 unspecified atom stereocenters. The molecule has 2 atom stereocenters. The minimum Gasteiger partial charge on any atom is -0.0891 e. The average molecular weight is 122 g/mol. The van der Waals surface area contributed by atoms with Gasteiger partial charge in [0, 0.05) is 0 Å². The van der Waals surface area contributed by atoms with Gasteiger partial charge in [0.25, 0.3) is 0 Å². The van der Waals surface area contributed by atoms with Crippen molar-refractivity contribution in [3.05, 3.63) is 0 Å². The van der Waals surface area contributed by atoms with Crippen LogP contribution >= 0.6 is 0 Å². The second-order valence-electron chi connectivity index (χ2n) is 3.29. The van der Waals surface area contributed by atoms with Crippen molar-refractivity contribution in [3.63, 3.8) is 0 Å². The fourth-order valence-corrected chi connectivity index (χ4v) is 1.93. The predicted molar refractivity (Wildman–Crippen MR) is 47.4 cm³/mol. The summed E-state index contributed by atoms with van der Waals surface area (Å²) in [7, 11) is 2.91. The van der Waals surface area contributed by atoms with Crippen LogP contribution in [0.5, 0.6) is 0 Å². The standard InChI is InChI=1S/C7H16B2/c1-3-9-7-5-4-6(7)8-2/h6-9H,3-5H2,1-2H3. The van der Waals surface area contributed by atoms with Crippen molar-refractivity contribution in [2.75, 3.05) is 0 Å². The molecule has 0 radical (unpaired) electrons. The average Bonchev–Trinajstić information content (AvgIpc) is 1.82. The SMILES string of the molecule is CBC1CCC1BCC. The number of rotatable bonds is 3. The van der Waals surface area contributed by atoms with Gasteiger partial charge in [-0.25, -0.2) is 0 Å². The molecule has 50 valence electrons. The zero-order chi connectivity index (χ0) is 6.69. The monoisotopic (exact) mass is 122 g/mol. The van der Waals surface area contributed by atoms with Gasteiger partial charge >= 0.3 is 0 Å². The summed E-state index contributed by atoms with van der Waals surface area (Å²) < 4.78 is 0. The summed E-state index contributed by atoms with van der Waals surface area (Å²) in [6, 6.07) is 0. The molecular weight excluding hydrogens is 106 g/mol. The Morgan fingerprint density at radius 2 is 2.00 bits per heavy atom. The predicted octanol–water partition coefficient (Wildman–Crippen LogP) is 1.72. The summed E-state index contributed by atoms with van der Waals surface area (Å²) in [4.78, 5) is 0. The summed E-state index contributed by atoms with van der Waals surface area (Å²) in [5.41, 5.74) is 0. The van der Waals surface area contributed by atoms with Gasteiger partial charge < -0.3 is 0 Å². The maximum atomic E-state index is 2.33. The third-order valence-electron chi connectivity index (χ3n) is 2.76. The van der Waals surface area contributed by atoms with Gasteiger partial charge in [-0.1, -0.05) is 44.5 Å². The Labute approximate surface area is 59.9 Å². The van der Waals surface area contributed by atoms with Gasteiger partial charge in [-0.05, 0) is 0 Å². The highest BCUT2D eigenvalue weighted by Gasteiger charge is 2.28. The smallest absolute Gasteiger partial charge is 0.0891 e. The van der Waals surface area contributed by atoms with E-state index in [1.54, 1.807) is 0 Å². The second kappa shape index (κ2) is 3.34. The molecule has 0 N–H and O–H groups in total. The van der Waals surface area contributed by atoms with Crippen LogP contribution in [-0.2, 0) is 0 Å². The van der Waals surface area contributed by atoms with E-state index in [0.29, 0.717) is 0 Å². The van der Waals surface area contributed by atoms with Gasteiger partial charge in [-0.2, -0.15) is 0 Å². The van der Waals surface area contributed by atoms with Crippen LogP contribution in [0.1, 0.15) is 19.8 Å². The summed E-state index contributed by atoms with van der Waals surface area (Å²) in [6.07, 6.45) is 4.43. The molecule has 1 rings (SSSR count). The van der Waals surface area contributed by atoms with E-state index in [1.165, 1.54) is 33.7 Å². The van der Waals surface area contributed by atoms with Crippen molar-refractivity contribution in [2.45, 2.75) is 44.5 Å². The Kier molecular flexibility index (Phi) is 2.68. The first-order valence-electron chi connectivity index (χ1n) is 4.38. The first-order chi connectivity index (χ1) is 4.38. The molecule has 0 aromatic rings. The van der Waals surface area contributed by atoms with E-state index < -0.39 is 0 Å². The van der Waals surface area contributed by atoms with Crippen LogP contribution in [0.4, 0.5) is 0 Å². The Morgan fingerprint density at radius 3 is 2.33 bits per heavy atom. The third kappa shape index (κ3) is 1.53. The van der Waals surface area contributed by atoms with Gasteiger partial charge in [0.2, 0.25) is 0 Å². The lowest BCUT2D eigenvalue weighted by atomic mass is 9.40. The molecule has 0 spiro atoms. The lowest BCUT2D eigenvalue weighted by Gasteiger charge is -2.35. The quantitative estimate of drug-likeness (QED) is 0.499. The molecular formula is C7H16B2. The molecule has 1 aliphatic rings. The third-order valence-corrected chi connectivity index (χ3v) is 2.76. The number of hydrogen-bond acceptors (Lipinski definition) is 0. The second-order valence-corrected chi connectivity index (χ2v) is 3.29. The Morgan fingerprint density at radius 1 is 1.33 bits per heavy atom. The molecule has 1 saturated carbocycles. The van der Waals surface area contributed by atoms with Crippen molar-refractivity contribution in [1.82, 2.24) is 0 Å². The van der Waals surface area contributed by atoms with E-state index in [9.17, 15) is 0 Å². The molecule has 0 aliphatic heterocycles. The molecule has 0 aromatic carbocycles. The highest BCUT2D eigenvalue weighted by molar-refractivity contribution is 6.45. The van der Waals surface area contributed by atoms with E-state index >= 15 is 0 Å². The van der Waals surface area contributed by atoms with Crippen LogP contribution in [0, 0.1) is 0 Å². The van der Waals surface area contributed by atoms with Crippen LogP contribution < -0.4 is 0 Å². The fourth-order valence-electron chi connectivity index (χ4n) is 1.93. The van der Waals surface area contributed by atoms with Crippen LogP contribution in [0.25, 0.3) is 0 Å². The van der Waals surface area contributed by atoms with E-state index in [-0.39, 0.29) is 0 Å². The summed E-state index contributed by atoms with van der Waals surface area (Å²) in [5.74, 6) is 2.21. The normalized spacial score (nSPS) is 33.1. The molecule has 0 aromatic heterocycles. The molecule has 9 heavy (non-hydrogen) atoms. The van der Waals surface area contributed by atoms with Crippen LogP contribution in [0.15, 0.2) is 0 Å². The molecule has 1 fully saturated rings. The van der Waals surface area contributed by atoms with E-state index in [0.717, 1.165) is 11.6 Å². The molecule has 2 heteroatoms.